The van der Waals surface area contributed by atoms with Crippen LogP contribution >= 0.6 is 0 Å². The largest absolute Gasteiger partial charge is 0.478 e. The molecular formula is C12H16N2O5S. The van der Waals surface area contributed by atoms with Crippen molar-refractivity contribution in [3.63, 3.8) is 0 Å². The molecule has 1 aromatic carbocycles. The molecule has 0 saturated carbocycles. The Balaban J connectivity index is 0.000000240. The maximum Gasteiger partial charge on any atom is 0.335 e. The van der Waals surface area contributed by atoms with Crippen LogP contribution in [0.4, 0.5) is 0 Å². The third-order valence-electron chi connectivity index (χ3n) is 2.58. The van der Waals surface area contributed by atoms with Gasteiger partial charge in [0.15, 0.2) is 0 Å². The average molecular weight is 300 g/mol. The van der Waals surface area contributed by atoms with E-state index in [0.717, 1.165) is 37.9 Å². The van der Waals surface area contributed by atoms with Crippen LogP contribution in [0, 0.1) is 0 Å². The molecule has 1 aliphatic rings. The molecule has 0 atom stereocenters. The number of hydrogen-bond acceptors (Lipinski definition) is 4. The third kappa shape index (κ3) is 5.37. The Morgan fingerprint density at radius 3 is 2.10 bits per heavy atom. The SMILES string of the molecule is NS(=O)(=O)c1ccc(C(=O)O)cc1.O=C1CCCCN1. The second kappa shape index (κ2) is 7.01. The Kier molecular flexibility index (Phi) is 5.66. The quantitative estimate of drug-likeness (QED) is 0.725. The van der Waals surface area contributed by atoms with E-state index in [1.165, 1.54) is 12.1 Å². The zero-order valence-corrected chi connectivity index (χ0v) is 11.5. The molecule has 0 unspecified atom stereocenters. The minimum absolute atomic E-state index is 0.0207. The second-order valence-electron chi connectivity index (χ2n) is 4.18. The zero-order valence-electron chi connectivity index (χ0n) is 10.7. The smallest absolute Gasteiger partial charge is 0.335 e. The molecule has 8 heteroatoms. The first-order chi connectivity index (χ1) is 9.30. The summed E-state index contributed by atoms with van der Waals surface area (Å²) >= 11 is 0. The van der Waals surface area contributed by atoms with Gasteiger partial charge in [-0.1, -0.05) is 0 Å². The minimum atomic E-state index is -3.74. The fourth-order valence-corrected chi connectivity index (χ4v) is 2.03. The summed E-state index contributed by atoms with van der Waals surface area (Å²) in [7, 11) is -3.74. The molecule has 4 N–H and O–H groups in total. The summed E-state index contributed by atoms with van der Waals surface area (Å²) in [6.45, 7) is 0.888. The number of benzene rings is 1. The topological polar surface area (TPSA) is 127 Å². The number of carboxylic acids is 1. The van der Waals surface area contributed by atoms with Gasteiger partial charge in [0.05, 0.1) is 10.5 Å². The summed E-state index contributed by atoms with van der Waals surface area (Å²) in [4.78, 5) is 20.6. The molecule has 1 saturated heterocycles. The Morgan fingerprint density at radius 2 is 1.80 bits per heavy atom. The molecule has 1 aliphatic heterocycles. The van der Waals surface area contributed by atoms with E-state index in [1.807, 2.05) is 0 Å². The van der Waals surface area contributed by atoms with Crippen LogP contribution in [0.2, 0.25) is 0 Å². The third-order valence-corrected chi connectivity index (χ3v) is 3.51. The van der Waals surface area contributed by atoms with E-state index in [0.29, 0.717) is 0 Å². The molecule has 1 heterocycles. The van der Waals surface area contributed by atoms with Crippen LogP contribution in [-0.2, 0) is 14.8 Å². The monoisotopic (exact) mass is 300 g/mol. The fraction of sp³-hybridized carbons (Fsp3) is 0.333. The number of carbonyl (C=O) groups excluding carboxylic acids is 1. The predicted octanol–water partition coefficient (Wildman–Crippen LogP) is 0.319. The number of aromatic carboxylic acids is 1. The van der Waals surface area contributed by atoms with E-state index in [-0.39, 0.29) is 16.4 Å². The lowest BCUT2D eigenvalue weighted by atomic mass is 10.2. The van der Waals surface area contributed by atoms with E-state index >= 15 is 0 Å². The van der Waals surface area contributed by atoms with Gasteiger partial charge >= 0.3 is 5.97 Å². The number of primary sulfonamides is 1. The number of carboxylic acid groups (broad SMARTS) is 1. The first-order valence-electron chi connectivity index (χ1n) is 5.93. The number of piperidine rings is 1. The van der Waals surface area contributed by atoms with Crippen molar-refractivity contribution >= 4 is 21.9 Å². The van der Waals surface area contributed by atoms with Gasteiger partial charge < -0.3 is 10.4 Å². The number of amides is 1. The highest BCUT2D eigenvalue weighted by Crippen LogP contribution is 2.08. The predicted molar refractivity (Wildman–Crippen MR) is 71.6 cm³/mol. The molecule has 0 spiro atoms. The Morgan fingerprint density at radius 1 is 1.20 bits per heavy atom. The van der Waals surface area contributed by atoms with Gasteiger partial charge in [0.1, 0.15) is 0 Å². The lowest BCUT2D eigenvalue weighted by molar-refractivity contribution is -0.122. The highest BCUT2D eigenvalue weighted by molar-refractivity contribution is 7.89. The van der Waals surface area contributed by atoms with Crippen molar-refractivity contribution in [3.05, 3.63) is 29.8 Å². The van der Waals surface area contributed by atoms with E-state index < -0.39 is 16.0 Å². The number of rotatable bonds is 2. The van der Waals surface area contributed by atoms with Crippen molar-refractivity contribution in [2.75, 3.05) is 6.54 Å². The summed E-state index contributed by atoms with van der Waals surface area (Å²) < 4.78 is 21.5. The summed E-state index contributed by atoms with van der Waals surface area (Å²) in [6.07, 6.45) is 2.97. The molecule has 0 radical (unpaired) electrons. The van der Waals surface area contributed by atoms with Gasteiger partial charge in [-0.25, -0.2) is 18.4 Å². The molecular weight excluding hydrogens is 284 g/mol. The summed E-state index contributed by atoms with van der Waals surface area (Å²) in [5.41, 5.74) is 0.0207. The lowest BCUT2D eigenvalue weighted by Gasteiger charge is -2.08. The number of nitrogens with two attached hydrogens (primary N) is 1. The molecule has 110 valence electrons. The highest BCUT2D eigenvalue weighted by Gasteiger charge is 2.08. The number of hydrogen-bond donors (Lipinski definition) is 3. The van der Waals surface area contributed by atoms with Gasteiger partial charge in [-0.2, -0.15) is 0 Å². The Labute approximate surface area is 116 Å². The molecule has 0 aliphatic carbocycles. The Bertz CT molecular complexity index is 572. The van der Waals surface area contributed by atoms with Crippen LogP contribution in [0.25, 0.3) is 0 Å². The fourth-order valence-electron chi connectivity index (χ4n) is 1.51. The maximum atomic E-state index is 10.7. The van der Waals surface area contributed by atoms with Gasteiger partial charge in [0, 0.05) is 13.0 Å². The van der Waals surface area contributed by atoms with Crippen molar-refractivity contribution in [1.29, 1.82) is 0 Å². The molecule has 1 amide bonds. The normalized spacial score (nSPS) is 14.8. The minimum Gasteiger partial charge on any atom is -0.478 e. The molecule has 0 bridgehead atoms. The van der Waals surface area contributed by atoms with Crippen molar-refractivity contribution < 1.29 is 23.1 Å². The van der Waals surface area contributed by atoms with Crippen molar-refractivity contribution in [2.45, 2.75) is 24.2 Å². The zero-order chi connectivity index (χ0) is 15.2. The highest BCUT2D eigenvalue weighted by atomic mass is 32.2. The van der Waals surface area contributed by atoms with Gasteiger partial charge in [-0.05, 0) is 37.1 Å². The number of nitrogens with one attached hydrogen (secondary N) is 1. The first-order valence-corrected chi connectivity index (χ1v) is 7.48. The van der Waals surface area contributed by atoms with Crippen LogP contribution in [-0.4, -0.2) is 31.9 Å². The van der Waals surface area contributed by atoms with Crippen LogP contribution in [0.3, 0.4) is 0 Å². The van der Waals surface area contributed by atoms with Gasteiger partial charge in [0.25, 0.3) is 0 Å². The maximum absolute atomic E-state index is 10.7. The van der Waals surface area contributed by atoms with Crippen LogP contribution in [0.15, 0.2) is 29.2 Å². The molecule has 20 heavy (non-hydrogen) atoms. The average Bonchev–Trinajstić information content (AvgIpc) is 2.39. The molecule has 1 fully saturated rings. The molecule has 0 aromatic heterocycles. The number of carbonyl (C=O) groups is 2. The Hall–Kier alpha value is -1.93. The van der Waals surface area contributed by atoms with Crippen molar-refractivity contribution in [2.24, 2.45) is 5.14 Å². The lowest BCUT2D eigenvalue weighted by Crippen LogP contribution is -2.28. The van der Waals surface area contributed by atoms with E-state index in [9.17, 15) is 18.0 Å². The van der Waals surface area contributed by atoms with E-state index in [4.69, 9.17) is 10.2 Å². The van der Waals surface area contributed by atoms with Gasteiger partial charge in [-0.15, -0.1) is 0 Å². The standard InChI is InChI=1S/C7H7NO4S.C5H9NO/c8-13(11,12)6-3-1-5(2-4-6)7(9)10;7-5-3-1-2-4-6-5/h1-4H,(H,9,10)(H2,8,11,12);1-4H2,(H,6,7). The summed E-state index contributed by atoms with van der Waals surface area (Å²) in [5.74, 6) is -0.896. The summed E-state index contributed by atoms with van der Waals surface area (Å²) in [5, 5.41) is 16.0. The van der Waals surface area contributed by atoms with Crippen LogP contribution in [0.5, 0.6) is 0 Å². The van der Waals surface area contributed by atoms with Gasteiger partial charge in [0.2, 0.25) is 15.9 Å². The van der Waals surface area contributed by atoms with Crippen molar-refractivity contribution in [3.8, 4) is 0 Å². The van der Waals surface area contributed by atoms with Crippen LogP contribution < -0.4 is 10.5 Å². The molecule has 2 rings (SSSR count). The van der Waals surface area contributed by atoms with Gasteiger partial charge in [-0.3, -0.25) is 4.79 Å². The van der Waals surface area contributed by atoms with Crippen LogP contribution in [0.1, 0.15) is 29.6 Å². The number of sulfonamides is 1. The molecule has 1 aromatic rings. The van der Waals surface area contributed by atoms with E-state index in [2.05, 4.69) is 5.32 Å². The first kappa shape index (κ1) is 16.1. The second-order valence-corrected chi connectivity index (χ2v) is 5.74. The summed E-state index contributed by atoms with van der Waals surface area (Å²) in [6, 6.07) is 4.67. The van der Waals surface area contributed by atoms with E-state index in [1.54, 1.807) is 0 Å². The van der Waals surface area contributed by atoms with Crippen molar-refractivity contribution in [1.82, 2.24) is 5.32 Å². The molecule has 7 nitrogen and oxygen atoms in total.